The lowest BCUT2D eigenvalue weighted by molar-refractivity contribution is 0.0738. The highest BCUT2D eigenvalue weighted by molar-refractivity contribution is 6.36. The summed E-state index contributed by atoms with van der Waals surface area (Å²) in [6.45, 7) is 4.36. The van der Waals surface area contributed by atoms with Crippen molar-refractivity contribution in [2.75, 3.05) is 6.54 Å². The number of aryl methyl sites for hydroxylation is 1. The Morgan fingerprint density at radius 3 is 2.64 bits per heavy atom. The van der Waals surface area contributed by atoms with Gasteiger partial charge in [-0.2, -0.15) is 0 Å². The number of nitrogens with zero attached hydrogens (tertiary/aromatic N) is 4. The van der Waals surface area contributed by atoms with Gasteiger partial charge in [0.25, 0.3) is 5.91 Å². The van der Waals surface area contributed by atoms with Crippen LogP contribution in [-0.4, -0.2) is 32.8 Å². The summed E-state index contributed by atoms with van der Waals surface area (Å²) in [5.41, 5.74) is 2.02. The Balaban J connectivity index is 1.82. The average Bonchev–Trinajstić information content (AvgIpc) is 3.21. The second-order valence-electron chi connectivity index (χ2n) is 5.32. The molecule has 3 rings (SSSR count). The maximum atomic E-state index is 12.7. The van der Waals surface area contributed by atoms with Crippen LogP contribution in [-0.2, 0) is 6.54 Å². The van der Waals surface area contributed by atoms with Gasteiger partial charge in [0.1, 0.15) is 11.4 Å². The molecule has 2 aromatic heterocycles. The van der Waals surface area contributed by atoms with Gasteiger partial charge in [-0.25, -0.2) is 4.63 Å². The number of rotatable bonds is 5. The lowest BCUT2D eigenvalue weighted by Gasteiger charge is -2.17. The van der Waals surface area contributed by atoms with Gasteiger partial charge in [-0.05, 0) is 32.0 Å². The molecule has 2 heterocycles. The highest BCUT2D eigenvalue weighted by Gasteiger charge is 2.22. The van der Waals surface area contributed by atoms with Crippen molar-refractivity contribution in [3.05, 3.63) is 51.4 Å². The van der Waals surface area contributed by atoms with Gasteiger partial charge in [0.05, 0.1) is 11.6 Å². The third kappa shape index (κ3) is 3.67. The third-order valence-electron chi connectivity index (χ3n) is 3.68. The molecule has 0 fully saturated rings. The molecular weight excluding hydrogens is 367 g/mol. The summed E-state index contributed by atoms with van der Waals surface area (Å²) in [4.78, 5) is 14.2. The third-order valence-corrected chi connectivity index (χ3v) is 4.23. The molecule has 3 aromatic rings. The van der Waals surface area contributed by atoms with Crippen molar-refractivity contribution in [3.63, 3.8) is 0 Å². The van der Waals surface area contributed by atoms with Gasteiger partial charge in [0, 0.05) is 23.2 Å². The van der Waals surface area contributed by atoms with Crippen molar-refractivity contribution < 1.29 is 13.9 Å². The first kappa shape index (κ1) is 17.4. The van der Waals surface area contributed by atoms with E-state index in [1.54, 1.807) is 36.1 Å². The highest BCUT2D eigenvalue weighted by Crippen LogP contribution is 2.31. The van der Waals surface area contributed by atoms with Crippen molar-refractivity contribution in [3.8, 4) is 11.3 Å². The van der Waals surface area contributed by atoms with Crippen LogP contribution in [0.4, 0.5) is 0 Å². The van der Waals surface area contributed by atoms with Crippen molar-refractivity contribution in [2.24, 2.45) is 0 Å². The average molecular weight is 381 g/mol. The summed E-state index contributed by atoms with van der Waals surface area (Å²) < 4.78 is 9.94. The van der Waals surface area contributed by atoms with E-state index in [0.717, 1.165) is 0 Å². The second-order valence-corrected chi connectivity index (χ2v) is 6.16. The molecule has 0 unspecified atom stereocenters. The van der Waals surface area contributed by atoms with Crippen LogP contribution < -0.4 is 0 Å². The van der Waals surface area contributed by atoms with Crippen LogP contribution in [0, 0.1) is 6.92 Å². The maximum absolute atomic E-state index is 12.7. The van der Waals surface area contributed by atoms with Crippen LogP contribution in [0.5, 0.6) is 0 Å². The minimum Gasteiger partial charge on any atom is -0.355 e. The molecule has 0 radical (unpaired) electrons. The molecule has 0 aliphatic heterocycles. The summed E-state index contributed by atoms with van der Waals surface area (Å²) >= 11 is 12.1. The Hall–Kier alpha value is -2.38. The molecular formula is C16H14Cl2N4O3. The van der Waals surface area contributed by atoms with Gasteiger partial charge < -0.3 is 9.42 Å². The number of benzene rings is 1. The molecule has 1 amide bonds. The SMILES string of the molecule is CCN(Cc1nonc1C)C(=O)c1cc(-c2ccc(Cl)cc2Cl)on1. The molecule has 0 bridgehead atoms. The van der Waals surface area contributed by atoms with Crippen LogP contribution in [0.3, 0.4) is 0 Å². The van der Waals surface area contributed by atoms with Crippen LogP contribution in [0.25, 0.3) is 11.3 Å². The first-order valence-electron chi connectivity index (χ1n) is 7.49. The molecule has 0 spiro atoms. The van der Waals surface area contributed by atoms with Gasteiger partial charge in [0.15, 0.2) is 11.5 Å². The van der Waals surface area contributed by atoms with E-state index in [4.69, 9.17) is 27.7 Å². The summed E-state index contributed by atoms with van der Waals surface area (Å²) in [5.74, 6) is 0.102. The molecule has 0 saturated carbocycles. The van der Waals surface area contributed by atoms with E-state index in [1.807, 2.05) is 6.92 Å². The first-order chi connectivity index (χ1) is 12.0. The Morgan fingerprint density at radius 2 is 2.00 bits per heavy atom. The van der Waals surface area contributed by atoms with E-state index in [0.29, 0.717) is 39.3 Å². The lowest BCUT2D eigenvalue weighted by Crippen LogP contribution is -2.30. The van der Waals surface area contributed by atoms with E-state index in [2.05, 4.69) is 20.1 Å². The van der Waals surface area contributed by atoms with Crippen LogP contribution in [0.2, 0.25) is 10.0 Å². The van der Waals surface area contributed by atoms with E-state index in [9.17, 15) is 4.79 Å². The molecule has 7 nitrogen and oxygen atoms in total. The number of halogens is 2. The Labute approximate surface area is 153 Å². The normalized spacial score (nSPS) is 10.9. The molecule has 25 heavy (non-hydrogen) atoms. The van der Waals surface area contributed by atoms with Gasteiger partial charge in [-0.3, -0.25) is 4.79 Å². The molecule has 0 aliphatic carbocycles. The summed E-state index contributed by atoms with van der Waals surface area (Å²) in [6, 6.07) is 6.54. The zero-order valence-electron chi connectivity index (χ0n) is 13.5. The van der Waals surface area contributed by atoms with E-state index >= 15 is 0 Å². The fourth-order valence-corrected chi connectivity index (χ4v) is 2.76. The zero-order valence-corrected chi connectivity index (χ0v) is 15.0. The predicted octanol–water partition coefficient (Wildman–Crippen LogP) is 4.00. The van der Waals surface area contributed by atoms with E-state index in [-0.39, 0.29) is 18.1 Å². The molecule has 0 N–H and O–H groups in total. The van der Waals surface area contributed by atoms with Crippen LogP contribution >= 0.6 is 23.2 Å². The quantitative estimate of drug-likeness (QED) is 0.664. The number of carbonyl (C=O) groups is 1. The molecule has 0 aliphatic rings. The monoisotopic (exact) mass is 380 g/mol. The summed E-state index contributed by atoms with van der Waals surface area (Å²) in [5, 5.41) is 12.3. The molecule has 0 saturated heterocycles. The fourth-order valence-electron chi connectivity index (χ4n) is 2.26. The minimum absolute atomic E-state index is 0.178. The largest absolute Gasteiger partial charge is 0.355 e. The van der Waals surface area contributed by atoms with E-state index < -0.39 is 0 Å². The number of hydrogen-bond acceptors (Lipinski definition) is 6. The number of hydrogen-bond donors (Lipinski definition) is 0. The molecule has 0 atom stereocenters. The number of amides is 1. The Kier molecular flexibility index (Phi) is 5.06. The highest BCUT2D eigenvalue weighted by atomic mass is 35.5. The Morgan fingerprint density at radius 1 is 1.20 bits per heavy atom. The molecule has 130 valence electrons. The van der Waals surface area contributed by atoms with Crippen LogP contribution in [0.15, 0.2) is 33.4 Å². The van der Waals surface area contributed by atoms with Crippen molar-refractivity contribution in [1.82, 2.24) is 20.4 Å². The maximum Gasteiger partial charge on any atom is 0.276 e. The standard InChI is InChI=1S/C16H14Cl2N4O3/c1-3-22(8-14-9(2)19-25-21-14)16(23)13-7-15(24-20-13)11-5-4-10(17)6-12(11)18/h4-7H,3,8H2,1-2H3. The molecule has 9 heteroatoms. The van der Waals surface area contributed by atoms with Crippen molar-refractivity contribution in [2.45, 2.75) is 20.4 Å². The summed E-state index contributed by atoms with van der Waals surface area (Å²) in [6.07, 6.45) is 0. The van der Waals surface area contributed by atoms with Gasteiger partial charge in [-0.15, -0.1) is 0 Å². The topological polar surface area (TPSA) is 85.3 Å². The first-order valence-corrected chi connectivity index (χ1v) is 8.24. The van der Waals surface area contributed by atoms with Gasteiger partial charge in [0.2, 0.25) is 0 Å². The van der Waals surface area contributed by atoms with Gasteiger partial charge in [-0.1, -0.05) is 38.7 Å². The smallest absolute Gasteiger partial charge is 0.276 e. The van der Waals surface area contributed by atoms with E-state index in [1.165, 1.54) is 0 Å². The van der Waals surface area contributed by atoms with Gasteiger partial charge >= 0.3 is 0 Å². The summed E-state index contributed by atoms with van der Waals surface area (Å²) in [7, 11) is 0. The predicted molar refractivity (Wildman–Crippen MR) is 91.4 cm³/mol. The van der Waals surface area contributed by atoms with Crippen LogP contribution in [0.1, 0.15) is 28.8 Å². The second kappa shape index (κ2) is 7.25. The Bertz CT molecular complexity index is 906. The van der Waals surface area contributed by atoms with Crippen molar-refractivity contribution >= 4 is 29.1 Å². The minimum atomic E-state index is -0.287. The molecule has 1 aromatic carbocycles. The number of carbonyl (C=O) groups excluding carboxylic acids is 1. The fraction of sp³-hybridized carbons (Fsp3) is 0.250. The lowest BCUT2D eigenvalue weighted by atomic mass is 10.1. The zero-order chi connectivity index (χ0) is 18.0. The number of aromatic nitrogens is 3. The van der Waals surface area contributed by atoms with Crippen molar-refractivity contribution in [1.29, 1.82) is 0 Å².